The summed E-state index contributed by atoms with van der Waals surface area (Å²) in [6, 6.07) is 0. The first-order valence-electron chi connectivity index (χ1n) is 6.54. The summed E-state index contributed by atoms with van der Waals surface area (Å²) in [5.41, 5.74) is 0.626. The zero-order valence-electron chi connectivity index (χ0n) is 11.6. The molecule has 0 radical (unpaired) electrons. The van der Waals surface area contributed by atoms with Crippen LogP contribution in [-0.2, 0) is 11.3 Å². The molecule has 6 heteroatoms. The summed E-state index contributed by atoms with van der Waals surface area (Å²) >= 11 is 3.41. The van der Waals surface area contributed by atoms with Crippen molar-refractivity contribution in [2.45, 2.75) is 38.5 Å². The van der Waals surface area contributed by atoms with E-state index in [0.717, 1.165) is 23.9 Å². The third-order valence-corrected chi connectivity index (χ3v) is 3.89. The van der Waals surface area contributed by atoms with Crippen molar-refractivity contribution in [1.82, 2.24) is 14.7 Å². The van der Waals surface area contributed by atoms with E-state index >= 15 is 0 Å². The van der Waals surface area contributed by atoms with Gasteiger partial charge in [0.1, 0.15) is 11.8 Å². The van der Waals surface area contributed by atoms with E-state index in [4.69, 9.17) is 4.74 Å². The summed E-state index contributed by atoms with van der Waals surface area (Å²) in [4.78, 5) is 14.6. The van der Waals surface area contributed by atoms with Gasteiger partial charge >= 0.3 is 0 Å². The van der Waals surface area contributed by atoms with E-state index in [-0.39, 0.29) is 18.0 Å². The molecule has 0 saturated carbocycles. The quantitative estimate of drug-likeness (QED) is 0.775. The molecule has 1 aliphatic rings. The van der Waals surface area contributed by atoms with Gasteiger partial charge in [-0.1, -0.05) is 0 Å². The van der Waals surface area contributed by atoms with Crippen molar-refractivity contribution >= 4 is 21.7 Å². The van der Waals surface area contributed by atoms with Crippen LogP contribution in [0.5, 0.6) is 0 Å². The van der Waals surface area contributed by atoms with Gasteiger partial charge in [0.25, 0.3) is 0 Å². The van der Waals surface area contributed by atoms with Crippen LogP contribution in [0.3, 0.4) is 0 Å². The number of aromatic nitrogens is 2. The summed E-state index contributed by atoms with van der Waals surface area (Å²) in [5.74, 6) is 0.0347. The fraction of sp³-hybridized carbons (Fsp3) is 0.692. The number of Topliss-reactive ketones (excluding diaryl/α,β-unsaturated/α-hetero) is 1. The van der Waals surface area contributed by atoms with E-state index in [1.807, 2.05) is 21.0 Å². The normalized spacial score (nSPS) is 23.2. The van der Waals surface area contributed by atoms with Crippen LogP contribution < -0.4 is 0 Å². The average molecular weight is 330 g/mol. The van der Waals surface area contributed by atoms with Gasteiger partial charge < -0.3 is 9.64 Å². The summed E-state index contributed by atoms with van der Waals surface area (Å²) in [5, 5.41) is 4.27. The van der Waals surface area contributed by atoms with E-state index in [9.17, 15) is 4.79 Å². The van der Waals surface area contributed by atoms with Crippen LogP contribution in [-0.4, -0.2) is 53.3 Å². The minimum absolute atomic E-state index is 0.0347. The maximum Gasteiger partial charge on any atom is 0.210 e. The van der Waals surface area contributed by atoms with Gasteiger partial charge in [-0.05, 0) is 49.8 Å². The van der Waals surface area contributed by atoms with Crippen molar-refractivity contribution in [3.63, 3.8) is 0 Å². The second kappa shape index (κ2) is 6.15. The van der Waals surface area contributed by atoms with Gasteiger partial charge in [-0.15, -0.1) is 0 Å². The van der Waals surface area contributed by atoms with Crippen molar-refractivity contribution in [3.8, 4) is 0 Å². The molecule has 1 aromatic rings. The van der Waals surface area contributed by atoms with Crippen molar-refractivity contribution in [2.75, 3.05) is 20.6 Å². The fourth-order valence-electron chi connectivity index (χ4n) is 2.22. The Balaban J connectivity index is 2.14. The summed E-state index contributed by atoms with van der Waals surface area (Å²) in [6.45, 7) is 3.55. The molecule has 0 aliphatic carbocycles. The SMILES string of the molecule is CC1CCC(C(=O)c2c(Br)cnn2CCN(C)C)O1. The van der Waals surface area contributed by atoms with E-state index in [0.29, 0.717) is 12.2 Å². The van der Waals surface area contributed by atoms with Crippen LogP contribution in [0, 0.1) is 0 Å². The van der Waals surface area contributed by atoms with Gasteiger partial charge in [-0.25, -0.2) is 0 Å². The molecule has 1 fully saturated rings. The van der Waals surface area contributed by atoms with Crippen LogP contribution in [0.4, 0.5) is 0 Å². The molecule has 5 nitrogen and oxygen atoms in total. The standard InChI is InChI=1S/C13H20BrN3O2/c1-9-4-5-11(19-9)13(18)12-10(14)8-15-17(12)7-6-16(2)3/h8-9,11H,4-7H2,1-3H3. The molecule has 0 bridgehead atoms. The number of halogens is 1. The molecule has 106 valence electrons. The van der Waals surface area contributed by atoms with Crippen LogP contribution >= 0.6 is 15.9 Å². The van der Waals surface area contributed by atoms with Crippen molar-refractivity contribution in [1.29, 1.82) is 0 Å². The maximum absolute atomic E-state index is 12.5. The number of carbonyl (C=O) groups is 1. The molecule has 0 aromatic carbocycles. The van der Waals surface area contributed by atoms with Gasteiger partial charge in [0.05, 0.1) is 23.3 Å². The van der Waals surface area contributed by atoms with Crippen molar-refractivity contribution in [3.05, 3.63) is 16.4 Å². The highest BCUT2D eigenvalue weighted by atomic mass is 79.9. The Morgan fingerprint density at radius 3 is 2.89 bits per heavy atom. The molecule has 19 heavy (non-hydrogen) atoms. The van der Waals surface area contributed by atoms with E-state index in [1.165, 1.54) is 0 Å². The molecule has 0 amide bonds. The lowest BCUT2D eigenvalue weighted by atomic mass is 10.1. The highest BCUT2D eigenvalue weighted by molar-refractivity contribution is 9.10. The van der Waals surface area contributed by atoms with E-state index in [1.54, 1.807) is 10.9 Å². The molecular weight excluding hydrogens is 310 g/mol. The number of hydrogen-bond acceptors (Lipinski definition) is 4. The molecule has 2 atom stereocenters. The van der Waals surface area contributed by atoms with E-state index in [2.05, 4.69) is 25.9 Å². The zero-order valence-corrected chi connectivity index (χ0v) is 13.2. The van der Waals surface area contributed by atoms with Gasteiger partial charge in [0.15, 0.2) is 0 Å². The molecule has 2 unspecified atom stereocenters. The zero-order chi connectivity index (χ0) is 14.0. The average Bonchev–Trinajstić information content (AvgIpc) is 2.92. The Kier molecular flexibility index (Phi) is 4.76. The highest BCUT2D eigenvalue weighted by Crippen LogP contribution is 2.25. The number of ketones is 1. The summed E-state index contributed by atoms with van der Waals surface area (Å²) in [7, 11) is 4.00. The Bertz CT molecular complexity index is 459. The Labute approximate surface area is 122 Å². The fourth-order valence-corrected chi connectivity index (χ4v) is 2.71. The number of likely N-dealkylation sites (N-methyl/N-ethyl adjacent to an activating group) is 1. The second-order valence-corrected chi connectivity index (χ2v) is 6.10. The topological polar surface area (TPSA) is 47.4 Å². The van der Waals surface area contributed by atoms with E-state index < -0.39 is 0 Å². The van der Waals surface area contributed by atoms with Gasteiger partial charge in [-0.2, -0.15) is 5.10 Å². The first kappa shape index (κ1) is 14.7. The summed E-state index contributed by atoms with van der Waals surface area (Å²) < 4.78 is 8.17. The number of rotatable bonds is 5. The molecule has 0 N–H and O–H groups in total. The largest absolute Gasteiger partial charge is 0.367 e. The Morgan fingerprint density at radius 1 is 1.58 bits per heavy atom. The van der Waals surface area contributed by atoms with Crippen molar-refractivity contribution in [2.24, 2.45) is 0 Å². The molecule has 2 heterocycles. The molecule has 1 aromatic heterocycles. The third kappa shape index (κ3) is 3.43. The maximum atomic E-state index is 12.5. The second-order valence-electron chi connectivity index (χ2n) is 5.24. The van der Waals surface area contributed by atoms with Crippen molar-refractivity contribution < 1.29 is 9.53 Å². The number of nitrogens with zero attached hydrogens (tertiary/aromatic N) is 3. The Morgan fingerprint density at radius 2 is 2.32 bits per heavy atom. The van der Waals surface area contributed by atoms with Gasteiger partial charge in [0.2, 0.25) is 5.78 Å². The smallest absolute Gasteiger partial charge is 0.210 e. The Hall–Kier alpha value is -0.720. The molecule has 1 aliphatic heterocycles. The lowest BCUT2D eigenvalue weighted by Crippen LogP contribution is -2.27. The molecule has 0 spiro atoms. The molecule has 2 rings (SSSR count). The predicted octanol–water partition coefficient (Wildman–Crippen LogP) is 1.96. The lowest BCUT2D eigenvalue weighted by Gasteiger charge is -2.14. The van der Waals surface area contributed by atoms with Gasteiger partial charge in [-0.3, -0.25) is 9.48 Å². The first-order chi connectivity index (χ1) is 8.99. The monoisotopic (exact) mass is 329 g/mol. The van der Waals surface area contributed by atoms with Crippen LogP contribution in [0.2, 0.25) is 0 Å². The molecular formula is C13H20BrN3O2. The first-order valence-corrected chi connectivity index (χ1v) is 7.34. The number of carbonyl (C=O) groups excluding carboxylic acids is 1. The van der Waals surface area contributed by atoms with Crippen LogP contribution in [0.15, 0.2) is 10.7 Å². The summed E-state index contributed by atoms with van der Waals surface area (Å²) in [6.07, 6.45) is 3.28. The van der Waals surface area contributed by atoms with Crippen LogP contribution in [0.1, 0.15) is 30.3 Å². The lowest BCUT2D eigenvalue weighted by molar-refractivity contribution is 0.0423. The minimum atomic E-state index is -0.318. The molecule has 1 saturated heterocycles. The van der Waals surface area contributed by atoms with Crippen LogP contribution in [0.25, 0.3) is 0 Å². The number of ether oxygens (including phenoxy) is 1. The highest BCUT2D eigenvalue weighted by Gasteiger charge is 2.32. The third-order valence-electron chi connectivity index (χ3n) is 3.31. The number of hydrogen-bond donors (Lipinski definition) is 0. The minimum Gasteiger partial charge on any atom is -0.367 e. The predicted molar refractivity (Wildman–Crippen MR) is 76.4 cm³/mol. The van der Waals surface area contributed by atoms with Gasteiger partial charge in [0, 0.05) is 6.54 Å².